The molecule has 11 nitrogen and oxygen atoms in total. The van der Waals surface area contributed by atoms with Gasteiger partial charge in [0.1, 0.15) is 29.0 Å². The maximum Gasteiger partial charge on any atom is 0.329 e. The molecule has 12 heteroatoms. The lowest BCUT2D eigenvalue weighted by Gasteiger charge is -2.25. The molecule has 0 saturated heterocycles. The van der Waals surface area contributed by atoms with E-state index in [1.54, 1.807) is 41.5 Å². The predicted octanol–water partition coefficient (Wildman–Crippen LogP) is 3.08. The molecule has 0 radical (unpaired) electrons. The molecule has 0 aliphatic carbocycles. The summed E-state index contributed by atoms with van der Waals surface area (Å²) in [7, 11) is 0. The summed E-state index contributed by atoms with van der Waals surface area (Å²) in [5.74, 6) is -2.67. The third-order valence-corrected chi connectivity index (χ3v) is 5.30. The molecule has 2 amide bonds. The smallest absolute Gasteiger partial charge is 0.329 e. The van der Waals surface area contributed by atoms with Crippen molar-refractivity contribution in [3.8, 4) is 0 Å². The molecular weight excluding hydrogens is 538 g/mol. The van der Waals surface area contributed by atoms with E-state index in [9.17, 15) is 19.2 Å². The van der Waals surface area contributed by atoms with E-state index in [0.29, 0.717) is 25.8 Å². The Morgan fingerprint density at radius 2 is 1.43 bits per heavy atom. The van der Waals surface area contributed by atoms with E-state index in [1.807, 2.05) is 30.3 Å². The Morgan fingerprint density at radius 3 is 1.98 bits per heavy atom. The molecule has 0 bridgehead atoms. The number of imidazole rings is 1. The normalized spacial score (nSPS) is 12.9. The molecule has 2 aromatic rings. The second kappa shape index (κ2) is 15.4. The summed E-state index contributed by atoms with van der Waals surface area (Å²) in [6.45, 7) is 10.8. The number of hydrogen-bond acceptors (Lipinski definition) is 8. The molecule has 0 fully saturated rings. The molecule has 0 unspecified atom stereocenters. The Labute approximate surface area is 241 Å². The Kier molecular flexibility index (Phi) is 13.3. The van der Waals surface area contributed by atoms with Crippen LogP contribution in [0.4, 0.5) is 0 Å². The highest BCUT2D eigenvalue weighted by molar-refractivity contribution is 6.06. The highest BCUT2D eigenvalue weighted by Gasteiger charge is 2.32. The first-order valence-electron chi connectivity index (χ1n) is 13.0. The Hall–Kier alpha value is -3.44. The van der Waals surface area contributed by atoms with E-state index in [0.717, 1.165) is 5.56 Å². The lowest BCUT2D eigenvalue weighted by Crippen LogP contribution is -2.47. The van der Waals surface area contributed by atoms with Gasteiger partial charge in [0.2, 0.25) is 0 Å². The summed E-state index contributed by atoms with van der Waals surface area (Å²) < 4.78 is 11.0. The number of esters is 2. The van der Waals surface area contributed by atoms with Crippen molar-refractivity contribution >= 4 is 36.2 Å². The van der Waals surface area contributed by atoms with Gasteiger partial charge >= 0.3 is 11.9 Å². The zero-order valence-electron chi connectivity index (χ0n) is 24.0. The SMILES string of the molecule is CC(C)(C)OC(=O)[C@H](Cc1ccccc1)NC(=O)c1nc[nH]c1C(=O)N[C@@H](CCCCN)C(=O)OC(C)(C)C.Cl. The van der Waals surface area contributed by atoms with Gasteiger partial charge in [0.25, 0.3) is 11.8 Å². The van der Waals surface area contributed by atoms with Crippen LogP contribution in [0, 0.1) is 0 Å². The Bertz CT molecular complexity index is 1120. The molecule has 0 aliphatic rings. The van der Waals surface area contributed by atoms with Crippen molar-refractivity contribution in [3.05, 3.63) is 53.6 Å². The molecule has 40 heavy (non-hydrogen) atoms. The number of nitrogens with one attached hydrogen (secondary N) is 3. The van der Waals surface area contributed by atoms with Crippen LogP contribution < -0.4 is 16.4 Å². The van der Waals surface area contributed by atoms with Crippen molar-refractivity contribution in [3.63, 3.8) is 0 Å². The zero-order valence-corrected chi connectivity index (χ0v) is 24.9. The zero-order chi connectivity index (χ0) is 29.2. The second-order valence-corrected chi connectivity index (χ2v) is 11.2. The highest BCUT2D eigenvalue weighted by Crippen LogP contribution is 2.15. The highest BCUT2D eigenvalue weighted by atomic mass is 35.5. The lowest BCUT2D eigenvalue weighted by atomic mass is 10.1. The number of unbranched alkanes of at least 4 members (excludes halogenated alkanes) is 1. The topological polar surface area (TPSA) is 165 Å². The molecule has 2 atom stereocenters. The van der Waals surface area contributed by atoms with Gasteiger partial charge in [0.15, 0.2) is 5.69 Å². The van der Waals surface area contributed by atoms with Gasteiger partial charge < -0.3 is 30.8 Å². The first-order chi connectivity index (χ1) is 18.2. The fourth-order valence-electron chi connectivity index (χ4n) is 3.63. The minimum absolute atomic E-state index is 0. The number of nitrogens with two attached hydrogens (primary N) is 1. The Balaban J connectivity index is 0.00000800. The van der Waals surface area contributed by atoms with E-state index in [-0.39, 0.29) is 30.2 Å². The summed E-state index contributed by atoms with van der Waals surface area (Å²) >= 11 is 0. The van der Waals surface area contributed by atoms with Gasteiger partial charge in [-0.15, -0.1) is 12.4 Å². The third-order valence-electron chi connectivity index (χ3n) is 5.30. The number of carbonyl (C=O) groups excluding carboxylic acids is 4. The van der Waals surface area contributed by atoms with Crippen molar-refractivity contribution in [1.82, 2.24) is 20.6 Å². The third kappa shape index (κ3) is 11.7. The van der Waals surface area contributed by atoms with Crippen LogP contribution >= 0.6 is 12.4 Å². The average Bonchev–Trinajstić information content (AvgIpc) is 3.32. The van der Waals surface area contributed by atoms with Crippen LogP contribution in [0.2, 0.25) is 0 Å². The van der Waals surface area contributed by atoms with Crippen LogP contribution in [0.3, 0.4) is 0 Å². The van der Waals surface area contributed by atoms with Crippen molar-refractivity contribution in [1.29, 1.82) is 0 Å². The van der Waals surface area contributed by atoms with Gasteiger partial charge in [-0.25, -0.2) is 14.6 Å². The monoisotopic (exact) mass is 579 g/mol. The van der Waals surface area contributed by atoms with Crippen LogP contribution in [-0.2, 0) is 25.5 Å². The van der Waals surface area contributed by atoms with Gasteiger partial charge in [-0.05, 0) is 72.9 Å². The van der Waals surface area contributed by atoms with E-state index in [2.05, 4.69) is 20.6 Å². The molecule has 5 N–H and O–H groups in total. The number of carbonyl (C=O) groups is 4. The fourth-order valence-corrected chi connectivity index (χ4v) is 3.63. The molecule has 0 saturated carbocycles. The van der Waals surface area contributed by atoms with Gasteiger partial charge in [0, 0.05) is 6.42 Å². The number of rotatable bonds is 12. The first kappa shape index (κ1) is 34.6. The molecule has 0 aliphatic heterocycles. The minimum Gasteiger partial charge on any atom is -0.458 e. The number of aromatic nitrogens is 2. The van der Waals surface area contributed by atoms with Crippen LogP contribution in [0.5, 0.6) is 0 Å². The largest absolute Gasteiger partial charge is 0.458 e. The molecule has 1 aromatic heterocycles. The summed E-state index contributed by atoms with van der Waals surface area (Å²) in [6, 6.07) is 7.19. The predicted molar refractivity (Wildman–Crippen MR) is 153 cm³/mol. The minimum atomic E-state index is -1.03. The number of aromatic amines is 1. The number of amides is 2. The molecule has 1 aromatic carbocycles. The maximum absolute atomic E-state index is 13.2. The van der Waals surface area contributed by atoms with E-state index in [1.165, 1.54) is 6.33 Å². The van der Waals surface area contributed by atoms with Gasteiger partial charge in [-0.2, -0.15) is 0 Å². The van der Waals surface area contributed by atoms with Crippen molar-refractivity contribution in [2.45, 2.75) is 90.5 Å². The summed E-state index contributed by atoms with van der Waals surface area (Å²) in [4.78, 5) is 58.8. The summed E-state index contributed by atoms with van der Waals surface area (Å²) in [5, 5.41) is 5.30. The Morgan fingerprint density at radius 1 is 0.875 bits per heavy atom. The number of halogens is 1. The maximum atomic E-state index is 13.2. The molecule has 0 spiro atoms. The van der Waals surface area contributed by atoms with E-state index >= 15 is 0 Å². The fraction of sp³-hybridized carbons (Fsp3) is 0.536. The summed E-state index contributed by atoms with van der Waals surface area (Å²) in [5.41, 5.74) is 4.49. The quantitative estimate of drug-likeness (QED) is 0.220. The number of nitrogens with zero attached hydrogens (tertiary/aromatic N) is 1. The number of ether oxygens (including phenoxy) is 2. The average molecular weight is 580 g/mol. The number of hydrogen-bond donors (Lipinski definition) is 4. The molecule has 1 heterocycles. The van der Waals surface area contributed by atoms with Crippen LogP contribution in [-0.4, -0.2) is 63.6 Å². The van der Waals surface area contributed by atoms with Crippen molar-refractivity contribution in [2.24, 2.45) is 5.73 Å². The summed E-state index contributed by atoms with van der Waals surface area (Å²) in [6.07, 6.45) is 2.94. The molecular formula is C28H42ClN5O6. The van der Waals surface area contributed by atoms with Gasteiger partial charge in [-0.1, -0.05) is 30.3 Å². The second-order valence-electron chi connectivity index (χ2n) is 11.2. The van der Waals surface area contributed by atoms with E-state index in [4.69, 9.17) is 15.2 Å². The van der Waals surface area contributed by atoms with Gasteiger partial charge in [0.05, 0.1) is 6.33 Å². The van der Waals surface area contributed by atoms with Crippen LogP contribution in [0.15, 0.2) is 36.7 Å². The lowest BCUT2D eigenvalue weighted by molar-refractivity contribution is -0.158. The van der Waals surface area contributed by atoms with Crippen LogP contribution in [0.25, 0.3) is 0 Å². The molecule has 222 valence electrons. The van der Waals surface area contributed by atoms with Crippen molar-refractivity contribution in [2.75, 3.05) is 6.54 Å². The van der Waals surface area contributed by atoms with Crippen LogP contribution in [0.1, 0.15) is 87.3 Å². The van der Waals surface area contributed by atoms with Crippen molar-refractivity contribution < 1.29 is 28.7 Å². The number of benzene rings is 1. The molecule has 2 rings (SSSR count). The first-order valence-corrected chi connectivity index (χ1v) is 13.0. The van der Waals surface area contributed by atoms with Gasteiger partial charge in [-0.3, -0.25) is 9.59 Å². The standard InChI is InChI=1S/C28H41N5O6.ClH/c1-27(2,3)38-25(36)19(14-10-11-15-29)32-23(34)21-22(31-17-30-21)24(35)33-20(26(37)39-28(4,5)6)16-18-12-8-7-9-13-18;/h7-9,12-13,17,19-20H,10-11,14-16,29H2,1-6H3,(H,30,31)(H,32,34)(H,33,35);1H/t19-,20-;/m0./s1. The number of H-pyrrole nitrogens is 1. The van der Waals surface area contributed by atoms with E-state index < -0.39 is 47.0 Å².